The van der Waals surface area contributed by atoms with Crippen molar-refractivity contribution >= 4 is 19.0 Å². The molecule has 2 aromatic heterocycles. The maximum Gasteiger partial charge on any atom is 0.482 e. The van der Waals surface area contributed by atoms with Crippen molar-refractivity contribution in [2.24, 2.45) is 17.3 Å². The van der Waals surface area contributed by atoms with E-state index in [1.807, 2.05) is 45.0 Å². The Morgan fingerprint density at radius 1 is 1.13 bits per heavy atom. The summed E-state index contributed by atoms with van der Waals surface area (Å²) >= 11 is 0. The van der Waals surface area contributed by atoms with E-state index >= 15 is 0 Å². The summed E-state index contributed by atoms with van der Waals surface area (Å²) in [6.07, 6.45) is 5.64. The zero-order valence-electron chi connectivity index (χ0n) is 27.1. The van der Waals surface area contributed by atoms with Gasteiger partial charge in [0.1, 0.15) is 29.2 Å². The van der Waals surface area contributed by atoms with E-state index in [0.29, 0.717) is 41.0 Å². The number of hydrogen-bond donors (Lipinski definition) is 1. The van der Waals surface area contributed by atoms with Gasteiger partial charge in [-0.25, -0.2) is 9.48 Å². The van der Waals surface area contributed by atoms with E-state index in [-0.39, 0.29) is 24.0 Å². The largest absolute Gasteiger partial charge is 0.496 e. The summed E-state index contributed by atoms with van der Waals surface area (Å²) in [6.45, 7) is 12.2. The fraction of sp³-hybridized carbons (Fsp3) is 0.545. The third-order valence-corrected chi connectivity index (χ3v) is 9.77. The van der Waals surface area contributed by atoms with E-state index in [2.05, 4.69) is 41.4 Å². The second-order valence-corrected chi connectivity index (χ2v) is 14.2. The highest BCUT2D eigenvalue weighted by Gasteiger charge is 2.68. The summed E-state index contributed by atoms with van der Waals surface area (Å²) in [5.41, 5.74) is 1.33. The molecule has 3 saturated carbocycles. The number of esters is 1. The van der Waals surface area contributed by atoms with E-state index in [1.165, 1.54) is 11.8 Å². The van der Waals surface area contributed by atoms with Crippen molar-refractivity contribution in [3.63, 3.8) is 0 Å². The van der Waals surface area contributed by atoms with Gasteiger partial charge in [0.25, 0.3) is 0 Å². The number of amides is 1. The second-order valence-electron chi connectivity index (χ2n) is 14.2. The molecule has 1 saturated heterocycles. The number of ether oxygens (including phenoxy) is 2. The molecule has 0 spiro atoms. The predicted octanol–water partition coefficient (Wildman–Crippen LogP) is 4.30. The molecule has 1 unspecified atom stereocenters. The molecular weight excluding hydrogens is 573 g/mol. The first-order valence-electron chi connectivity index (χ1n) is 15.6. The second kappa shape index (κ2) is 11.5. The lowest BCUT2D eigenvalue weighted by molar-refractivity contribution is -0.199. The molecule has 4 aliphatic rings. The Morgan fingerprint density at radius 2 is 1.93 bits per heavy atom. The highest BCUT2D eigenvalue weighted by molar-refractivity contribution is 6.48. The number of hydrogen-bond acceptors (Lipinski definition) is 9. The van der Waals surface area contributed by atoms with E-state index in [0.717, 1.165) is 18.4 Å². The molecule has 4 fully saturated rings. The Kier molecular flexibility index (Phi) is 8.01. The van der Waals surface area contributed by atoms with Crippen LogP contribution in [0, 0.1) is 17.3 Å². The summed E-state index contributed by atoms with van der Waals surface area (Å²) in [5, 5.41) is 11.5. The summed E-state index contributed by atoms with van der Waals surface area (Å²) in [6, 6.07) is 10.9. The third-order valence-electron chi connectivity index (χ3n) is 9.77. The lowest BCUT2D eigenvalue weighted by Gasteiger charge is -2.64. The molecule has 238 valence electrons. The van der Waals surface area contributed by atoms with Gasteiger partial charge in [0, 0.05) is 6.20 Å². The van der Waals surface area contributed by atoms with Crippen LogP contribution in [-0.2, 0) is 31.8 Å². The van der Waals surface area contributed by atoms with Gasteiger partial charge < -0.3 is 24.1 Å². The molecule has 3 aliphatic carbocycles. The van der Waals surface area contributed by atoms with Gasteiger partial charge in [0.05, 0.1) is 36.6 Å². The van der Waals surface area contributed by atoms with Gasteiger partial charge in [0.15, 0.2) is 0 Å². The molecular formula is C33H42BN5O6. The lowest BCUT2D eigenvalue weighted by atomic mass is 9.43. The summed E-state index contributed by atoms with van der Waals surface area (Å²) < 4.78 is 26.3. The van der Waals surface area contributed by atoms with Crippen LogP contribution in [0.5, 0.6) is 5.75 Å². The van der Waals surface area contributed by atoms with Crippen LogP contribution >= 0.6 is 0 Å². The number of benzene rings is 1. The Labute approximate surface area is 264 Å². The SMILES string of the molecule is COc1c(CC(NC(=O)Cn2cc(-c3ccccn3)nn2)B2O[C@@H]3C[C@@H]4C[C@@H](C4(C)C)[C@]3(C)O2)cccc1C(=O)OC(C)(C)C. The molecule has 5 atom stereocenters. The van der Waals surface area contributed by atoms with Crippen LogP contribution in [0.4, 0.5) is 0 Å². The first-order valence-corrected chi connectivity index (χ1v) is 15.6. The van der Waals surface area contributed by atoms with Gasteiger partial charge >= 0.3 is 13.1 Å². The number of methoxy groups -OCH3 is 1. The molecule has 3 heterocycles. The number of pyridine rings is 1. The van der Waals surface area contributed by atoms with Gasteiger partial charge in [-0.3, -0.25) is 9.78 Å². The topological polar surface area (TPSA) is 127 Å². The van der Waals surface area contributed by atoms with Gasteiger partial charge in [-0.15, -0.1) is 5.10 Å². The number of nitrogens with zero attached hydrogens (tertiary/aromatic N) is 4. The zero-order valence-corrected chi connectivity index (χ0v) is 27.1. The fourth-order valence-electron chi connectivity index (χ4n) is 7.41. The first-order chi connectivity index (χ1) is 21.3. The van der Waals surface area contributed by atoms with E-state index < -0.39 is 30.2 Å². The molecule has 12 heteroatoms. The number of para-hydroxylation sites is 1. The minimum Gasteiger partial charge on any atom is -0.496 e. The Hall–Kier alpha value is -3.77. The van der Waals surface area contributed by atoms with Crippen LogP contribution in [0.2, 0.25) is 0 Å². The average molecular weight is 616 g/mol. The molecule has 7 rings (SSSR count). The minimum absolute atomic E-state index is 0.0590. The van der Waals surface area contributed by atoms with Crippen LogP contribution in [0.25, 0.3) is 11.4 Å². The maximum atomic E-state index is 13.5. The van der Waals surface area contributed by atoms with Crippen molar-refractivity contribution in [2.75, 3.05) is 7.11 Å². The highest BCUT2D eigenvalue weighted by Crippen LogP contribution is 2.65. The van der Waals surface area contributed by atoms with Crippen molar-refractivity contribution in [3.05, 3.63) is 59.9 Å². The number of carbonyl (C=O) groups is 2. The van der Waals surface area contributed by atoms with Crippen molar-refractivity contribution in [1.29, 1.82) is 0 Å². The molecule has 1 aliphatic heterocycles. The molecule has 45 heavy (non-hydrogen) atoms. The van der Waals surface area contributed by atoms with Gasteiger partial charge in [-0.2, -0.15) is 0 Å². The number of rotatable bonds is 9. The van der Waals surface area contributed by atoms with Crippen molar-refractivity contribution in [1.82, 2.24) is 25.3 Å². The van der Waals surface area contributed by atoms with Gasteiger partial charge in [0.2, 0.25) is 5.91 Å². The van der Waals surface area contributed by atoms with Crippen LogP contribution in [-0.4, -0.2) is 69.3 Å². The molecule has 2 bridgehead atoms. The van der Waals surface area contributed by atoms with Crippen molar-refractivity contribution in [2.45, 2.75) is 90.6 Å². The standard InChI is InChI=1S/C33H42BN5O6/c1-31(2,3)43-30(41)22-12-10-11-20(29(22)42-7)15-27(34-44-26-17-21-16-25(32(21,4)5)33(26,6)45-34)36-28(40)19-39-18-24(37-38-39)23-13-8-9-14-35-23/h8-14,18,21,25-27H,15-17,19H2,1-7H3,(H,36,40)/t21-,25-,26+,27?,33-/m0/s1. The van der Waals surface area contributed by atoms with Crippen LogP contribution in [0.15, 0.2) is 48.8 Å². The van der Waals surface area contributed by atoms with Crippen LogP contribution in [0.3, 0.4) is 0 Å². The summed E-state index contributed by atoms with van der Waals surface area (Å²) in [7, 11) is 0.825. The number of carbonyl (C=O) groups excluding carboxylic acids is 2. The normalized spacial score (nSPS) is 25.6. The fourth-order valence-corrected chi connectivity index (χ4v) is 7.41. The minimum atomic E-state index is -0.700. The average Bonchev–Trinajstić information content (AvgIpc) is 3.60. The van der Waals surface area contributed by atoms with Crippen LogP contribution < -0.4 is 10.1 Å². The predicted molar refractivity (Wildman–Crippen MR) is 167 cm³/mol. The number of aromatic nitrogens is 4. The first kappa shape index (κ1) is 31.2. The smallest absolute Gasteiger partial charge is 0.482 e. The van der Waals surface area contributed by atoms with E-state index in [1.54, 1.807) is 24.5 Å². The zero-order chi connectivity index (χ0) is 32.1. The Bertz CT molecular complexity index is 1570. The summed E-state index contributed by atoms with van der Waals surface area (Å²) in [4.78, 5) is 30.9. The quantitative estimate of drug-likeness (QED) is 0.277. The van der Waals surface area contributed by atoms with Crippen molar-refractivity contribution < 1.29 is 28.4 Å². The number of nitrogens with one attached hydrogen (secondary N) is 1. The van der Waals surface area contributed by atoms with Crippen LogP contribution in [0.1, 0.15) is 70.3 Å². The molecule has 3 aromatic rings. The van der Waals surface area contributed by atoms with Crippen molar-refractivity contribution in [3.8, 4) is 17.1 Å². The molecule has 1 aromatic carbocycles. The molecule has 0 radical (unpaired) electrons. The molecule has 11 nitrogen and oxygen atoms in total. The molecule has 1 N–H and O–H groups in total. The van der Waals surface area contributed by atoms with E-state index in [9.17, 15) is 9.59 Å². The molecule has 1 amide bonds. The monoisotopic (exact) mass is 615 g/mol. The van der Waals surface area contributed by atoms with E-state index in [4.69, 9.17) is 18.8 Å². The van der Waals surface area contributed by atoms with Gasteiger partial charge in [-0.05, 0) is 88.0 Å². The Morgan fingerprint density at radius 3 is 2.62 bits per heavy atom. The maximum absolute atomic E-state index is 13.5. The lowest BCUT2D eigenvalue weighted by Crippen LogP contribution is -2.65. The summed E-state index contributed by atoms with van der Waals surface area (Å²) in [5.74, 6) is -0.00115. The highest BCUT2D eigenvalue weighted by atomic mass is 16.7. The Balaban J connectivity index is 1.26. The van der Waals surface area contributed by atoms with Gasteiger partial charge in [-0.1, -0.05) is 37.3 Å². The third kappa shape index (κ3) is 5.97.